The molecule has 112 valence electrons. The second-order valence-corrected chi connectivity index (χ2v) is 4.46. The minimum Gasteiger partial charge on any atom is -0.480 e. The summed E-state index contributed by atoms with van der Waals surface area (Å²) in [5.74, 6) is -0.804. The van der Waals surface area contributed by atoms with E-state index in [1.165, 1.54) is 6.08 Å². The fourth-order valence-electron chi connectivity index (χ4n) is 1.68. The maximum absolute atomic E-state index is 11.8. The largest absolute Gasteiger partial charge is 0.480 e. The van der Waals surface area contributed by atoms with Gasteiger partial charge in [0, 0.05) is 18.2 Å². The van der Waals surface area contributed by atoms with Crippen LogP contribution in [0.3, 0.4) is 0 Å². The van der Waals surface area contributed by atoms with E-state index in [2.05, 4.69) is 11.9 Å². The summed E-state index contributed by atoms with van der Waals surface area (Å²) >= 11 is 0. The normalized spacial score (nSPS) is 11.9. The lowest BCUT2D eigenvalue weighted by Crippen LogP contribution is -2.36. The number of rotatable bonds is 7. The van der Waals surface area contributed by atoms with Crippen LogP contribution < -0.4 is 10.1 Å². The van der Waals surface area contributed by atoms with E-state index in [1.54, 1.807) is 25.1 Å². The molecule has 0 aromatic heterocycles. The lowest BCUT2D eigenvalue weighted by atomic mass is 10.1. The van der Waals surface area contributed by atoms with E-state index >= 15 is 0 Å². The topological polar surface area (TPSA) is 75.6 Å². The minimum atomic E-state index is -1.04. The molecule has 2 N–H and O–H groups in total. The number of aryl methyl sites for hydroxylation is 1. The maximum Gasteiger partial charge on any atom is 0.328 e. The third kappa shape index (κ3) is 5.14. The van der Waals surface area contributed by atoms with Gasteiger partial charge in [-0.05, 0) is 25.5 Å². The van der Waals surface area contributed by atoms with Crippen LogP contribution in [0, 0.1) is 6.92 Å². The van der Waals surface area contributed by atoms with Gasteiger partial charge >= 0.3 is 5.97 Å². The van der Waals surface area contributed by atoms with Gasteiger partial charge < -0.3 is 15.2 Å². The fourth-order valence-corrected chi connectivity index (χ4v) is 1.68. The van der Waals surface area contributed by atoms with E-state index in [0.717, 1.165) is 11.6 Å². The van der Waals surface area contributed by atoms with E-state index in [-0.39, 0.29) is 5.91 Å². The molecule has 1 amide bonds. The van der Waals surface area contributed by atoms with Gasteiger partial charge in [-0.2, -0.15) is 0 Å². The smallest absolute Gasteiger partial charge is 0.328 e. The van der Waals surface area contributed by atoms with Gasteiger partial charge in [0.05, 0.1) is 0 Å². The molecule has 1 aromatic carbocycles. The van der Waals surface area contributed by atoms with Gasteiger partial charge in [0.15, 0.2) is 6.10 Å². The Hall–Kier alpha value is -2.56. The van der Waals surface area contributed by atoms with E-state index < -0.39 is 12.1 Å². The number of nitrogens with one attached hydrogen (secondary N) is 1. The monoisotopic (exact) mass is 289 g/mol. The van der Waals surface area contributed by atoms with E-state index in [0.29, 0.717) is 17.9 Å². The third-order valence-electron chi connectivity index (χ3n) is 2.73. The molecule has 5 heteroatoms. The number of benzene rings is 1. The molecule has 0 bridgehead atoms. The number of hydrogen-bond acceptors (Lipinski definition) is 3. The lowest BCUT2D eigenvalue weighted by Gasteiger charge is -2.17. The molecule has 0 aliphatic heterocycles. The van der Waals surface area contributed by atoms with Crippen molar-refractivity contribution in [2.24, 2.45) is 0 Å². The Kier molecular flexibility index (Phi) is 6.20. The zero-order valence-electron chi connectivity index (χ0n) is 12.1. The quantitative estimate of drug-likeness (QED) is 0.596. The van der Waals surface area contributed by atoms with E-state index in [4.69, 9.17) is 9.84 Å². The predicted molar refractivity (Wildman–Crippen MR) is 81.1 cm³/mol. The van der Waals surface area contributed by atoms with Crippen LogP contribution in [0.2, 0.25) is 0 Å². The molecule has 5 nitrogen and oxygen atoms in total. The van der Waals surface area contributed by atoms with Crippen molar-refractivity contribution in [3.63, 3.8) is 0 Å². The summed E-state index contributed by atoms with van der Waals surface area (Å²) in [5.41, 5.74) is 1.44. The molecule has 0 aliphatic rings. The average Bonchev–Trinajstić information content (AvgIpc) is 2.45. The molecular formula is C16H19NO4. The van der Waals surface area contributed by atoms with Gasteiger partial charge in [-0.3, -0.25) is 4.79 Å². The number of ether oxygens (including phenoxy) is 1. The SMILES string of the molecule is C=CCNC(=O)C(C)Oc1c(C)cccc1/C=C/C(=O)O. The summed E-state index contributed by atoms with van der Waals surface area (Å²) in [5, 5.41) is 11.3. The summed E-state index contributed by atoms with van der Waals surface area (Å²) in [6.07, 6.45) is 3.37. The van der Waals surface area contributed by atoms with Crippen LogP contribution in [0.5, 0.6) is 5.75 Å². The number of aliphatic carboxylic acids is 1. The molecule has 21 heavy (non-hydrogen) atoms. The first-order valence-electron chi connectivity index (χ1n) is 6.51. The number of carbonyl (C=O) groups is 2. The van der Waals surface area contributed by atoms with E-state index in [1.807, 2.05) is 13.0 Å². The van der Waals surface area contributed by atoms with Crippen LogP contribution in [0.4, 0.5) is 0 Å². The number of carbonyl (C=O) groups excluding carboxylic acids is 1. The highest BCUT2D eigenvalue weighted by Crippen LogP contribution is 2.25. The standard InChI is InChI=1S/C16H19NO4/c1-4-10-17-16(20)12(3)21-15-11(2)6-5-7-13(15)8-9-14(18)19/h4-9,12H,1,10H2,2-3H3,(H,17,20)(H,18,19)/b9-8+. The van der Waals surface area contributed by atoms with Gasteiger partial charge in [0.1, 0.15) is 5.75 Å². The Morgan fingerprint density at radius 2 is 2.19 bits per heavy atom. The first-order valence-corrected chi connectivity index (χ1v) is 6.51. The van der Waals surface area contributed by atoms with Crippen molar-refractivity contribution >= 4 is 18.0 Å². The second kappa shape index (κ2) is 7.89. The van der Waals surface area contributed by atoms with Gasteiger partial charge in [-0.1, -0.05) is 24.3 Å². The van der Waals surface area contributed by atoms with Crippen molar-refractivity contribution in [1.82, 2.24) is 5.32 Å². The molecule has 1 rings (SSSR count). The van der Waals surface area contributed by atoms with Crippen molar-refractivity contribution in [1.29, 1.82) is 0 Å². The van der Waals surface area contributed by atoms with Gasteiger partial charge in [-0.15, -0.1) is 6.58 Å². The fraction of sp³-hybridized carbons (Fsp3) is 0.250. The molecule has 1 atom stereocenters. The maximum atomic E-state index is 11.8. The van der Waals surface area contributed by atoms with E-state index in [9.17, 15) is 9.59 Å². The molecule has 0 saturated carbocycles. The van der Waals surface area contributed by atoms with Crippen molar-refractivity contribution in [3.8, 4) is 5.75 Å². The molecule has 0 radical (unpaired) electrons. The number of hydrogen-bond donors (Lipinski definition) is 2. The van der Waals surface area contributed by atoms with Crippen LogP contribution in [0.15, 0.2) is 36.9 Å². The number of amides is 1. The van der Waals surface area contributed by atoms with Crippen LogP contribution in [-0.2, 0) is 9.59 Å². The van der Waals surface area contributed by atoms with Crippen LogP contribution in [0.25, 0.3) is 6.08 Å². The van der Waals surface area contributed by atoms with Crippen LogP contribution >= 0.6 is 0 Å². The minimum absolute atomic E-state index is 0.258. The summed E-state index contributed by atoms with van der Waals surface area (Å²) in [7, 11) is 0. The highest BCUT2D eigenvalue weighted by Gasteiger charge is 2.16. The van der Waals surface area contributed by atoms with Crippen molar-refractivity contribution in [2.75, 3.05) is 6.54 Å². The molecule has 1 unspecified atom stereocenters. The van der Waals surface area contributed by atoms with Gasteiger partial charge in [-0.25, -0.2) is 4.79 Å². The Morgan fingerprint density at radius 3 is 2.81 bits per heavy atom. The Morgan fingerprint density at radius 1 is 1.48 bits per heavy atom. The first-order chi connectivity index (χ1) is 9.95. The van der Waals surface area contributed by atoms with Crippen molar-refractivity contribution < 1.29 is 19.4 Å². The summed E-state index contributed by atoms with van der Waals surface area (Å²) < 4.78 is 5.68. The Bertz CT molecular complexity index is 563. The molecule has 0 aliphatic carbocycles. The molecule has 0 heterocycles. The number of carboxylic acids is 1. The predicted octanol–water partition coefficient (Wildman–Crippen LogP) is 2.16. The summed E-state index contributed by atoms with van der Waals surface area (Å²) in [4.78, 5) is 22.4. The molecular weight excluding hydrogens is 270 g/mol. The van der Waals surface area contributed by atoms with Crippen molar-refractivity contribution in [2.45, 2.75) is 20.0 Å². The number of para-hydroxylation sites is 1. The van der Waals surface area contributed by atoms with Crippen LogP contribution in [-0.4, -0.2) is 29.6 Å². The van der Waals surface area contributed by atoms with Gasteiger partial charge in [0.25, 0.3) is 5.91 Å². The summed E-state index contributed by atoms with van der Waals surface area (Å²) in [6.45, 7) is 7.36. The van der Waals surface area contributed by atoms with Crippen molar-refractivity contribution in [3.05, 3.63) is 48.1 Å². The molecule has 0 fully saturated rings. The van der Waals surface area contributed by atoms with Crippen LogP contribution in [0.1, 0.15) is 18.1 Å². The third-order valence-corrected chi connectivity index (χ3v) is 2.73. The van der Waals surface area contributed by atoms with Gasteiger partial charge in [0.2, 0.25) is 0 Å². The highest BCUT2D eigenvalue weighted by atomic mass is 16.5. The first kappa shape index (κ1) is 16.5. The number of carboxylic acid groups (broad SMARTS) is 1. The Labute approximate surface area is 123 Å². The lowest BCUT2D eigenvalue weighted by molar-refractivity contribution is -0.131. The Balaban J connectivity index is 2.93. The zero-order valence-corrected chi connectivity index (χ0v) is 12.1. The molecule has 0 spiro atoms. The highest BCUT2D eigenvalue weighted by molar-refractivity contribution is 5.86. The average molecular weight is 289 g/mol. The molecule has 0 saturated heterocycles. The zero-order chi connectivity index (χ0) is 15.8. The second-order valence-electron chi connectivity index (χ2n) is 4.46. The molecule has 1 aromatic rings. The summed E-state index contributed by atoms with van der Waals surface area (Å²) in [6, 6.07) is 5.37.